The van der Waals surface area contributed by atoms with Crippen LogP contribution in [-0.4, -0.2) is 15.6 Å². The van der Waals surface area contributed by atoms with Gasteiger partial charge in [0.1, 0.15) is 11.6 Å². The molecule has 0 atom stereocenters. The summed E-state index contributed by atoms with van der Waals surface area (Å²) >= 11 is 0. The van der Waals surface area contributed by atoms with Crippen molar-refractivity contribution in [2.24, 2.45) is 0 Å². The standard InChI is InChI=1S/C12H13F2N3/c1-8(2)16-12-15-5-6-17(12)11-7-9(13)3-4-10(11)14/h3-8H,1-2H3,(H,15,16). The van der Waals surface area contributed by atoms with Gasteiger partial charge in [-0.05, 0) is 26.0 Å². The third kappa shape index (κ3) is 2.43. The van der Waals surface area contributed by atoms with E-state index in [9.17, 15) is 8.78 Å². The van der Waals surface area contributed by atoms with Crippen molar-refractivity contribution in [3.8, 4) is 5.69 Å². The molecule has 0 aliphatic carbocycles. The van der Waals surface area contributed by atoms with Crippen LogP contribution in [0.2, 0.25) is 0 Å². The maximum absolute atomic E-state index is 13.6. The van der Waals surface area contributed by atoms with Crippen molar-refractivity contribution in [3.05, 3.63) is 42.2 Å². The molecule has 0 bridgehead atoms. The molecule has 0 unspecified atom stereocenters. The van der Waals surface area contributed by atoms with E-state index in [-0.39, 0.29) is 11.7 Å². The number of rotatable bonds is 3. The molecule has 0 spiro atoms. The fraction of sp³-hybridized carbons (Fsp3) is 0.250. The SMILES string of the molecule is CC(C)Nc1nccn1-c1cc(F)ccc1F. The minimum atomic E-state index is -0.490. The van der Waals surface area contributed by atoms with Crippen LogP contribution in [0.4, 0.5) is 14.7 Å². The Morgan fingerprint density at radius 2 is 2.06 bits per heavy atom. The normalized spacial score (nSPS) is 10.9. The van der Waals surface area contributed by atoms with E-state index in [2.05, 4.69) is 10.3 Å². The first kappa shape index (κ1) is 11.6. The summed E-state index contributed by atoms with van der Waals surface area (Å²) in [6, 6.07) is 3.49. The van der Waals surface area contributed by atoms with Crippen molar-refractivity contribution in [1.82, 2.24) is 9.55 Å². The maximum Gasteiger partial charge on any atom is 0.207 e. The van der Waals surface area contributed by atoms with Crippen LogP contribution in [-0.2, 0) is 0 Å². The molecule has 0 saturated heterocycles. The largest absolute Gasteiger partial charge is 0.353 e. The Bertz CT molecular complexity index is 520. The van der Waals surface area contributed by atoms with Crippen molar-refractivity contribution < 1.29 is 8.78 Å². The van der Waals surface area contributed by atoms with E-state index in [1.807, 2.05) is 13.8 Å². The number of halogens is 2. The zero-order valence-corrected chi connectivity index (χ0v) is 9.61. The van der Waals surface area contributed by atoms with Crippen molar-refractivity contribution in [2.75, 3.05) is 5.32 Å². The van der Waals surface area contributed by atoms with E-state index in [1.165, 1.54) is 10.8 Å². The average molecular weight is 237 g/mol. The number of benzene rings is 1. The molecule has 90 valence electrons. The molecule has 0 aliphatic rings. The molecule has 1 N–H and O–H groups in total. The Labute approximate surface area is 98.1 Å². The number of hydrogen-bond donors (Lipinski definition) is 1. The van der Waals surface area contributed by atoms with Crippen molar-refractivity contribution in [1.29, 1.82) is 0 Å². The van der Waals surface area contributed by atoms with Gasteiger partial charge in [0, 0.05) is 24.5 Å². The van der Waals surface area contributed by atoms with Gasteiger partial charge in [0.05, 0.1) is 5.69 Å². The van der Waals surface area contributed by atoms with Crippen LogP contribution in [0.1, 0.15) is 13.8 Å². The summed E-state index contributed by atoms with van der Waals surface area (Å²) in [7, 11) is 0. The highest BCUT2D eigenvalue weighted by Gasteiger charge is 2.11. The second kappa shape index (κ2) is 4.53. The van der Waals surface area contributed by atoms with Crippen molar-refractivity contribution in [3.63, 3.8) is 0 Å². The summed E-state index contributed by atoms with van der Waals surface area (Å²) in [5.74, 6) is -0.480. The van der Waals surface area contributed by atoms with Gasteiger partial charge >= 0.3 is 0 Å². The number of anilines is 1. The van der Waals surface area contributed by atoms with Gasteiger partial charge in [-0.3, -0.25) is 4.57 Å². The van der Waals surface area contributed by atoms with Crippen LogP contribution in [0.5, 0.6) is 0 Å². The van der Waals surface area contributed by atoms with E-state index in [0.29, 0.717) is 5.95 Å². The van der Waals surface area contributed by atoms with Gasteiger partial charge in [-0.25, -0.2) is 13.8 Å². The van der Waals surface area contributed by atoms with Crippen LogP contribution in [0.3, 0.4) is 0 Å². The van der Waals surface area contributed by atoms with E-state index >= 15 is 0 Å². The van der Waals surface area contributed by atoms with E-state index < -0.39 is 11.6 Å². The van der Waals surface area contributed by atoms with Gasteiger partial charge in [0.2, 0.25) is 5.95 Å². The number of imidazole rings is 1. The second-order valence-electron chi connectivity index (χ2n) is 4.02. The molecule has 2 rings (SSSR count). The Kier molecular flexibility index (Phi) is 3.08. The number of hydrogen-bond acceptors (Lipinski definition) is 2. The maximum atomic E-state index is 13.6. The Hall–Kier alpha value is -1.91. The molecule has 3 nitrogen and oxygen atoms in total. The Morgan fingerprint density at radius 3 is 2.76 bits per heavy atom. The number of aromatic nitrogens is 2. The first-order valence-corrected chi connectivity index (χ1v) is 5.33. The minimum absolute atomic E-state index is 0.144. The second-order valence-corrected chi connectivity index (χ2v) is 4.02. The van der Waals surface area contributed by atoms with E-state index in [1.54, 1.807) is 6.20 Å². The van der Waals surface area contributed by atoms with Gasteiger partial charge in [0.15, 0.2) is 0 Å². The first-order valence-electron chi connectivity index (χ1n) is 5.33. The van der Waals surface area contributed by atoms with Crippen LogP contribution in [0, 0.1) is 11.6 Å². The number of nitrogens with zero attached hydrogens (tertiary/aromatic N) is 2. The smallest absolute Gasteiger partial charge is 0.207 e. The average Bonchev–Trinajstić information content (AvgIpc) is 2.69. The van der Waals surface area contributed by atoms with Crippen molar-refractivity contribution >= 4 is 5.95 Å². The molecule has 0 radical (unpaired) electrons. The molecule has 1 heterocycles. The molecular formula is C12H13F2N3. The zero-order valence-electron chi connectivity index (χ0n) is 9.61. The highest BCUT2D eigenvalue weighted by molar-refractivity contribution is 5.43. The molecule has 0 aliphatic heterocycles. The van der Waals surface area contributed by atoms with Gasteiger partial charge in [0.25, 0.3) is 0 Å². The summed E-state index contributed by atoms with van der Waals surface area (Å²) in [5.41, 5.74) is 0.144. The fourth-order valence-electron chi connectivity index (χ4n) is 1.53. The van der Waals surface area contributed by atoms with Crippen LogP contribution in [0.15, 0.2) is 30.6 Å². The molecule has 0 saturated carbocycles. The molecule has 0 fully saturated rings. The topological polar surface area (TPSA) is 29.9 Å². The third-order valence-corrected chi connectivity index (χ3v) is 2.23. The highest BCUT2D eigenvalue weighted by Crippen LogP contribution is 2.19. The van der Waals surface area contributed by atoms with Crippen LogP contribution in [0.25, 0.3) is 5.69 Å². The lowest BCUT2D eigenvalue weighted by Gasteiger charge is -2.12. The van der Waals surface area contributed by atoms with Crippen LogP contribution < -0.4 is 5.32 Å². The van der Waals surface area contributed by atoms with Gasteiger partial charge in [-0.2, -0.15) is 0 Å². The predicted molar refractivity (Wildman–Crippen MR) is 62.2 cm³/mol. The summed E-state index contributed by atoms with van der Waals surface area (Å²) in [5, 5.41) is 3.06. The fourth-order valence-corrected chi connectivity index (χ4v) is 1.53. The Balaban J connectivity index is 2.45. The molecule has 5 heteroatoms. The minimum Gasteiger partial charge on any atom is -0.353 e. The Morgan fingerprint density at radius 1 is 1.29 bits per heavy atom. The molecular weight excluding hydrogens is 224 g/mol. The summed E-state index contributed by atoms with van der Waals surface area (Å²) in [4.78, 5) is 4.07. The predicted octanol–water partition coefficient (Wildman–Crippen LogP) is 2.97. The lowest BCUT2D eigenvalue weighted by molar-refractivity contribution is 0.592. The molecule has 2 aromatic rings. The zero-order chi connectivity index (χ0) is 12.4. The van der Waals surface area contributed by atoms with Gasteiger partial charge < -0.3 is 5.32 Å². The molecule has 17 heavy (non-hydrogen) atoms. The van der Waals surface area contributed by atoms with E-state index in [0.717, 1.165) is 18.2 Å². The number of nitrogens with one attached hydrogen (secondary N) is 1. The van der Waals surface area contributed by atoms with Crippen LogP contribution >= 0.6 is 0 Å². The lowest BCUT2D eigenvalue weighted by Crippen LogP contribution is -2.14. The quantitative estimate of drug-likeness (QED) is 0.889. The summed E-state index contributed by atoms with van der Waals surface area (Å²) in [6.45, 7) is 3.89. The molecule has 1 aromatic carbocycles. The van der Waals surface area contributed by atoms with Gasteiger partial charge in [-0.15, -0.1) is 0 Å². The first-order chi connectivity index (χ1) is 8.08. The van der Waals surface area contributed by atoms with Gasteiger partial charge in [-0.1, -0.05) is 0 Å². The monoisotopic (exact) mass is 237 g/mol. The summed E-state index contributed by atoms with van der Waals surface area (Å²) in [6.07, 6.45) is 3.12. The third-order valence-electron chi connectivity index (χ3n) is 2.23. The molecule has 0 amide bonds. The highest BCUT2D eigenvalue weighted by atomic mass is 19.1. The van der Waals surface area contributed by atoms with E-state index in [4.69, 9.17) is 0 Å². The molecule has 1 aromatic heterocycles. The van der Waals surface area contributed by atoms with Crippen molar-refractivity contribution in [2.45, 2.75) is 19.9 Å². The summed E-state index contributed by atoms with van der Waals surface area (Å²) < 4.78 is 28.2. The lowest BCUT2D eigenvalue weighted by atomic mass is 10.3.